The van der Waals surface area contributed by atoms with Crippen molar-refractivity contribution in [3.05, 3.63) is 32.3 Å². The molecule has 3 heterocycles. The molecule has 1 unspecified atom stereocenters. The van der Waals surface area contributed by atoms with Crippen molar-refractivity contribution in [1.29, 1.82) is 0 Å². The molecule has 0 aromatic carbocycles. The van der Waals surface area contributed by atoms with Crippen molar-refractivity contribution in [3.63, 3.8) is 0 Å². The van der Waals surface area contributed by atoms with E-state index < -0.39 is 0 Å². The number of nitrogens with zero attached hydrogens (tertiary/aromatic N) is 3. The standard InChI is InChI=1S/C25H32N4O3S3/c1-5-7-17-12-16(13-33-17)22-27-28-25(29(22)10-6-2)34-14-20(30)26-23-21(24(31)32-4)18-9-8-15(3)11-19(18)35-23/h12-13,15H,5-11,14H2,1-4H3,(H,26,30). The van der Waals surface area contributed by atoms with Crippen LogP contribution in [0.1, 0.15) is 65.7 Å². The van der Waals surface area contributed by atoms with Gasteiger partial charge in [0.2, 0.25) is 5.91 Å². The Labute approximate surface area is 218 Å². The van der Waals surface area contributed by atoms with Crippen molar-refractivity contribution >= 4 is 51.3 Å². The lowest BCUT2D eigenvalue weighted by molar-refractivity contribution is -0.113. The molecule has 4 rings (SSSR count). The number of thiophene rings is 2. The second-order valence-corrected chi connectivity index (χ2v) is 11.9. The summed E-state index contributed by atoms with van der Waals surface area (Å²) in [5.41, 5.74) is 2.64. The molecule has 1 aliphatic carbocycles. The van der Waals surface area contributed by atoms with E-state index in [1.54, 1.807) is 11.3 Å². The average Bonchev–Trinajstić information content (AvgIpc) is 3.54. The normalized spacial score (nSPS) is 15.1. The van der Waals surface area contributed by atoms with Crippen LogP contribution in [0.25, 0.3) is 11.4 Å². The van der Waals surface area contributed by atoms with Crippen molar-refractivity contribution in [2.75, 3.05) is 18.2 Å². The lowest BCUT2D eigenvalue weighted by Crippen LogP contribution is -2.17. The maximum absolute atomic E-state index is 12.9. The number of ether oxygens (including phenoxy) is 1. The second kappa shape index (κ2) is 11.7. The van der Waals surface area contributed by atoms with Gasteiger partial charge < -0.3 is 14.6 Å². The summed E-state index contributed by atoms with van der Waals surface area (Å²) in [6.45, 7) is 7.30. The quantitative estimate of drug-likeness (QED) is 0.252. The minimum Gasteiger partial charge on any atom is -0.465 e. The van der Waals surface area contributed by atoms with Crippen LogP contribution in [-0.4, -0.2) is 39.5 Å². The van der Waals surface area contributed by atoms with E-state index in [1.165, 1.54) is 40.0 Å². The van der Waals surface area contributed by atoms with Gasteiger partial charge in [-0.1, -0.05) is 39.0 Å². The van der Waals surface area contributed by atoms with Crippen LogP contribution < -0.4 is 5.32 Å². The smallest absolute Gasteiger partial charge is 0.341 e. The number of nitrogens with one attached hydrogen (secondary N) is 1. The molecule has 0 aliphatic heterocycles. The van der Waals surface area contributed by atoms with Crippen molar-refractivity contribution in [3.8, 4) is 11.4 Å². The number of hydrogen-bond acceptors (Lipinski definition) is 8. The third-order valence-electron chi connectivity index (χ3n) is 6.06. The number of esters is 1. The molecule has 1 atom stereocenters. The fraction of sp³-hybridized carbons (Fsp3) is 0.520. The van der Waals surface area contributed by atoms with Crippen LogP contribution >= 0.6 is 34.4 Å². The molecule has 7 nitrogen and oxygen atoms in total. The highest BCUT2D eigenvalue weighted by Gasteiger charge is 2.29. The summed E-state index contributed by atoms with van der Waals surface area (Å²) in [6, 6.07) is 2.19. The summed E-state index contributed by atoms with van der Waals surface area (Å²) >= 11 is 4.63. The molecule has 0 saturated heterocycles. The van der Waals surface area contributed by atoms with E-state index in [4.69, 9.17) is 4.74 Å². The Balaban J connectivity index is 1.48. The molecule has 1 N–H and O–H groups in total. The number of aryl methyl sites for hydroxylation is 1. The zero-order valence-electron chi connectivity index (χ0n) is 20.7. The SMILES string of the molecule is CCCc1cc(-c2nnc(SCC(=O)Nc3sc4c(c3C(=O)OC)CCC(C)C4)n2CCC)cs1. The largest absolute Gasteiger partial charge is 0.465 e. The number of anilines is 1. The Morgan fingerprint density at radius 1 is 1.29 bits per heavy atom. The van der Waals surface area contributed by atoms with Gasteiger partial charge >= 0.3 is 5.97 Å². The molecular weight excluding hydrogens is 501 g/mol. The van der Waals surface area contributed by atoms with E-state index in [0.29, 0.717) is 16.5 Å². The van der Waals surface area contributed by atoms with Crippen LogP contribution in [0.15, 0.2) is 16.6 Å². The van der Waals surface area contributed by atoms with E-state index in [9.17, 15) is 9.59 Å². The molecular formula is C25H32N4O3S3. The first kappa shape index (κ1) is 25.9. The van der Waals surface area contributed by atoms with Gasteiger partial charge in [0.15, 0.2) is 11.0 Å². The zero-order chi connectivity index (χ0) is 24.9. The molecule has 188 valence electrons. The third kappa shape index (κ3) is 5.81. The van der Waals surface area contributed by atoms with Gasteiger partial charge in [0.05, 0.1) is 18.4 Å². The summed E-state index contributed by atoms with van der Waals surface area (Å²) in [7, 11) is 1.39. The van der Waals surface area contributed by atoms with Gasteiger partial charge in [-0.3, -0.25) is 4.79 Å². The van der Waals surface area contributed by atoms with Gasteiger partial charge in [-0.2, -0.15) is 0 Å². The molecule has 0 spiro atoms. The molecule has 0 radical (unpaired) electrons. The van der Waals surface area contributed by atoms with Gasteiger partial charge in [-0.15, -0.1) is 32.9 Å². The van der Waals surface area contributed by atoms with Crippen molar-refractivity contribution in [2.24, 2.45) is 5.92 Å². The summed E-state index contributed by atoms with van der Waals surface area (Å²) in [5.74, 6) is 1.06. The van der Waals surface area contributed by atoms with E-state index >= 15 is 0 Å². The maximum atomic E-state index is 12.9. The topological polar surface area (TPSA) is 86.1 Å². The Morgan fingerprint density at radius 2 is 2.11 bits per heavy atom. The third-order valence-corrected chi connectivity index (χ3v) is 9.19. The maximum Gasteiger partial charge on any atom is 0.341 e. The van der Waals surface area contributed by atoms with Gasteiger partial charge in [-0.05, 0) is 49.7 Å². The van der Waals surface area contributed by atoms with Gasteiger partial charge in [-0.25, -0.2) is 4.79 Å². The first-order chi connectivity index (χ1) is 16.9. The first-order valence-electron chi connectivity index (χ1n) is 12.1. The van der Waals surface area contributed by atoms with Crippen LogP contribution in [0.4, 0.5) is 5.00 Å². The number of hydrogen-bond donors (Lipinski definition) is 1. The van der Waals surface area contributed by atoms with Crippen molar-refractivity contribution in [1.82, 2.24) is 14.8 Å². The number of methoxy groups -OCH3 is 1. The number of fused-ring (bicyclic) bond motifs is 1. The van der Waals surface area contributed by atoms with Crippen LogP contribution in [0.3, 0.4) is 0 Å². The number of rotatable bonds is 10. The molecule has 0 saturated carbocycles. The zero-order valence-corrected chi connectivity index (χ0v) is 23.1. The van der Waals surface area contributed by atoms with Gasteiger partial charge in [0.1, 0.15) is 5.00 Å². The summed E-state index contributed by atoms with van der Waals surface area (Å²) in [5, 5.41) is 15.3. The number of amides is 1. The van der Waals surface area contributed by atoms with Crippen molar-refractivity contribution in [2.45, 2.75) is 71.0 Å². The molecule has 3 aromatic rings. The fourth-order valence-electron chi connectivity index (χ4n) is 4.36. The highest BCUT2D eigenvalue weighted by molar-refractivity contribution is 7.99. The van der Waals surface area contributed by atoms with Crippen LogP contribution in [0.5, 0.6) is 0 Å². The van der Waals surface area contributed by atoms with E-state index in [-0.39, 0.29) is 17.6 Å². The lowest BCUT2D eigenvalue weighted by Gasteiger charge is -2.18. The molecule has 10 heteroatoms. The average molecular weight is 533 g/mol. The monoisotopic (exact) mass is 532 g/mol. The minimum absolute atomic E-state index is 0.167. The number of thioether (sulfide) groups is 1. The van der Waals surface area contributed by atoms with Crippen LogP contribution in [-0.2, 0) is 35.3 Å². The Kier molecular flexibility index (Phi) is 8.67. The molecule has 1 amide bonds. The lowest BCUT2D eigenvalue weighted by atomic mass is 9.88. The van der Waals surface area contributed by atoms with Gasteiger partial charge in [0.25, 0.3) is 0 Å². The number of aromatic nitrogens is 3. The Bertz CT molecular complexity index is 1200. The molecule has 35 heavy (non-hydrogen) atoms. The Hall–Kier alpha value is -2.17. The minimum atomic E-state index is -0.384. The molecule has 0 bridgehead atoms. The van der Waals surface area contributed by atoms with E-state index in [2.05, 4.69) is 52.3 Å². The van der Waals surface area contributed by atoms with Crippen LogP contribution in [0.2, 0.25) is 0 Å². The van der Waals surface area contributed by atoms with E-state index in [0.717, 1.165) is 67.2 Å². The van der Waals surface area contributed by atoms with Gasteiger partial charge in [0, 0.05) is 27.2 Å². The first-order valence-corrected chi connectivity index (χ1v) is 14.8. The van der Waals surface area contributed by atoms with E-state index in [1.807, 2.05) is 0 Å². The van der Waals surface area contributed by atoms with Crippen LogP contribution in [0, 0.1) is 5.92 Å². The van der Waals surface area contributed by atoms with Crippen molar-refractivity contribution < 1.29 is 14.3 Å². The summed E-state index contributed by atoms with van der Waals surface area (Å²) in [4.78, 5) is 28.0. The fourth-order valence-corrected chi connectivity index (χ4v) is 7.51. The Morgan fingerprint density at radius 3 is 2.86 bits per heavy atom. The molecule has 1 aliphatic rings. The second-order valence-electron chi connectivity index (χ2n) is 8.89. The number of carbonyl (C=O) groups is 2. The predicted molar refractivity (Wildman–Crippen MR) is 144 cm³/mol. The molecule has 0 fully saturated rings. The summed E-state index contributed by atoms with van der Waals surface area (Å²) in [6.07, 6.45) is 5.93. The predicted octanol–water partition coefficient (Wildman–Crippen LogP) is 6.07. The molecule has 3 aromatic heterocycles. The number of carbonyl (C=O) groups excluding carboxylic acids is 2. The highest BCUT2D eigenvalue weighted by Crippen LogP contribution is 2.40. The summed E-state index contributed by atoms with van der Waals surface area (Å²) < 4.78 is 7.13. The highest BCUT2D eigenvalue weighted by atomic mass is 32.2.